The van der Waals surface area contributed by atoms with Crippen LogP contribution in [0, 0.1) is 11.3 Å². The quantitative estimate of drug-likeness (QED) is 0.589. The second-order valence-electron chi connectivity index (χ2n) is 9.23. The van der Waals surface area contributed by atoms with Gasteiger partial charge in [-0.3, -0.25) is 0 Å². The van der Waals surface area contributed by atoms with Gasteiger partial charge in [0.25, 0.3) is 0 Å². The van der Waals surface area contributed by atoms with Crippen LogP contribution in [0.4, 0.5) is 0 Å². The number of hydrogen-bond donors (Lipinski definition) is 0. The van der Waals surface area contributed by atoms with Crippen molar-refractivity contribution < 1.29 is 0 Å². The summed E-state index contributed by atoms with van der Waals surface area (Å²) >= 11 is 0. The predicted molar refractivity (Wildman–Crippen MR) is 109 cm³/mol. The standard InChI is InChI=1S/C25H27N/c1-24(2)11-12-25(3,4)23-15-17(6-10-22(23)24)13-19-7-8-20-14-18(16-26)5-9-21(19)20/h5-6,9-10,13-15H,7-8,11-12H2,1-4H3/b19-13+. The maximum Gasteiger partial charge on any atom is 0.0991 e. The molecule has 1 nitrogen and oxygen atoms in total. The number of nitriles is 1. The van der Waals surface area contributed by atoms with E-state index in [1.807, 2.05) is 6.07 Å². The lowest BCUT2D eigenvalue weighted by molar-refractivity contribution is 0.332. The Balaban J connectivity index is 1.76. The van der Waals surface area contributed by atoms with E-state index in [2.05, 4.69) is 70.2 Å². The summed E-state index contributed by atoms with van der Waals surface area (Å²) in [6, 6.07) is 15.4. The monoisotopic (exact) mass is 341 g/mol. The average Bonchev–Trinajstić information content (AvgIpc) is 3.01. The van der Waals surface area contributed by atoms with E-state index in [1.54, 1.807) is 0 Å². The molecule has 1 heteroatoms. The molecule has 0 atom stereocenters. The van der Waals surface area contributed by atoms with Crippen LogP contribution in [0.2, 0.25) is 0 Å². The Morgan fingerprint density at radius 3 is 2.35 bits per heavy atom. The Hall–Kier alpha value is -2.33. The topological polar surface area (TPSA) is 23.8 Å². The van der Waals surface area contributed by atoms with E-state index < -0.39 is 0 Å². The molecule has 0 aromatic heterocycles. The summed E-state index contributed by atoms with van der Waals surface area (Å²) in [7, 11) is 0. The van der Waals surface area contributed by atoms with E-state index in [-0.39, 0.29) is 10.8 Å². The van der Waals surface area contributed by atoms with Gasteiger partial charge in [-0.1, -0.05) is 58.0 Å². The summed E-state index contributed by atoms with van der Waals surface area (Å²) in [5, 5.41) is 9.11. The fraction of sp³-hybridized carbons (Fsp3) is 0.400. The first-order valence-electron chi connectivity index (χ1n) is 9.69. The van der Waals surface area contributed by atoms with Gasteiger partial charge in [-0.05, 0) is 82.0 Å². The van der Waals surface area contributed by atoms with Crippen molar-refractivity contribution in [1.29, 1.82) is 5.26 Å². The number of benzene rings is 2. The molecular weight excluding hydrogens is 314 g/mol. The lowest BCUT2D eigenvalue weighted by Gasteiger charge is -2.42. The Kier molecular flexibility index (Phi) is 3.85. The molecule has 0 spiro atoms. The molecule has 0 unspecified atom stereocenters. The van der Waals surface area contributed by atoms with Gasteiger partial charge in [0.2, 0.25) is 0 Å². The van der Waals surface area contributed by atoms with Crippen LogP contribution in [0.3, 0.4) is 0 Å². The summed E-state index contributed by atoms with van der Waals surface area (Å²) in [6.07, 6.45) is 6.96. The zero-order chi connectivity index (χ0) is 18.5. The highest BCUT2D eigenvalue weighted by molar-refractivity contribution is 5.85. The second-order valence-corrected chi connectivity index (χ2v) is 9.23. The van der Waals surface area contributed by atoms with Gasteiger partial charge < -0.3 is 0 Å². The van der Waals surface area contributed by atoms with E-state index in [0.717, 1.165) is 18.4 Å². The third kappa shape index (κ3) is 2.78. The molecule has 0 saturated heterocycles. The Morgan fingerprint density at radius 2 is 1.62 bits per heavy atom. The third-order valence-corrected chi connectivity index (χ3v) is 6.46. The number of hydrogen-bond acceptors (Lipinski definition) is 1. The summed E-state index contributed by atoms with van der Waals surface area (Å²) in [4.78, 5) is 0. The highest BCUT2D eigenvalue weighted by atomic mass is 14.4. The molecule has 0 heterocycles. The molecule has 0 saturated carbocycles. The van der Waals surface area contributed by atoms with Crippen LogP contribution in [0.25, 0.3) is 11.6 Å². The zero-order valence-corrected chi connectivity index (χ0v) is 16.3. The minimum absolute atomic E-state index is 0.245. The Morgan fingerprint density at radius 1 is 0.885 bits per heavy atom. The molecule has 0 bridgehead atoms. The van der Waals surface area contributed by atoms with Crippen LogP contribution in [0.15, 0.2) is 36.4 Å². The SMILES string of the molecule is CC1(C)CCC(C)(C)c2cc(/C=C3\CCc4cc(C#N)ccc43)ccc21. The minimum atomic E-state index is 0.245. The highest BCUT2D eigenvalue weighted by Crippen LogP contribution is 2.46. The fourth-order valence-corrected chi connectivity index (χ4v) is 4.63. The predicted octanol–water partition coefficient (Wildman–Crippen LogP) is 6.39. The van der Waals surface area contributed by atoms with Crippen LogP contribution in [-0.2, 0) is 17.3 Å². The first-order chi connectivity index (χ1) is 12.3. The Bertz CT molecular complexity index is 951. The van der Waals surface area contributed by atoms with E-state index in [4.69, 9.17) is 5.26 Å². The second kappa shape index (κ2) is 5.85. The number of allylic oxidation sites excluding steroid dienone is 1. The number of nitrogens with zero attached hydrogens (tertiary/aromatic N) is 1. The van der Waals surface area contributed by atoms with Gasteiger partial charge in [0.15, 0.2) is 0 Å². The molecule has 0 fully saturated rings. The van der Waals surface area contributed by atoms with Crippen molar-refractivity contribution in [3.63, 3.8) is 0 Å². The largest absolute Gasteiger partial charge is 0.192 e. The van der Waals surface area contributed by atoms with Crippen LogP contribution < -0.4 is 0 Å². The molecule has 0 amide bonds. The summed E-state index contributed by atoms with van der Waals surface area (Å²) in [6.45, 7) is 9.51. The van der Waals surface area contributed by atoms with Gasteiger partial charge >= 0.3 is 0 Å². The van der Waals surface area contributed by atoms with Gasteiger partial charge in [-0.2, -0.15) is 5.26 Å². The molecule has 0 aliphatic heterocycles. The van der Waals surface area contributed by atoms with E-state index in [9.17, 15) is 0 Å². The van der Waals surface area contributed by atoms with Gasteiger partial charge in [-0.25, -0.2) is 0 Å². The van der Waals surface area contributed by atoms with Crippen molar-refractivity contribution in [1.82, 2.24) is 0 Å². The maximum absolute atomic E-state index is 9.11. The van der Waals surface area contributed by atoms with Gasteiger partial charge in [0, 0.05) is 0 Å². The third-order valence-electron chi connectivity index (χ3n) is 6.46. The van der Waals surface area contributed by atoms with Crippen LogP contribution in [-0.4, -0.2) is 0 Å². The molecule has 2 aromatic carbocycles. The highest BCUT2D eigenvalue weighted by Gasteiger charge is 2.36. The van der Waals surface area contributed by atoms with Crippen molar-refractivity contribution in [2.75, 3.05) is 0 Å². The Labute approximate surface area is 157 Å². The molecule has 2 aromatic rings. The van der Waals surface area contributed by atoms with Crippen molar-refractivity contribution in [2.24, 2.45) is 0 Å². The minimum Gasteiger partial charge on any atom is -0.192 e. The zero-order valence-electron chi connectivity index (χ0n) is 16.3. The van der Waals surface area contributed by atoms with E-state index in [0.29, 0.717) is 0 Å². The van der Waals surface area contributed by atoms with Crippen LogP contribution >= 0.6 is 0 Å². The molecule has 26 heavy (non-hydrogen) atoms. The smallest absolute Gasteiger partial charge is 0.0991 e. The summed E-state index contributed by atoms with van der Waals surface area (Å²) in [5.74, 6) is 0. The fourth-order valence-electron chi connectivity index (χ4n) is 4.63. The van der Waals surface area contributed by atoms with Gasteiger partial charge in [0.05, 0.1) is 11.6 Å². The number of aryl methyl sites for hydroxylation is 1. The first-order valence-corrected chi connectivity index (χ1v) is 9.69. The lowest BCUT2D eigenvalue weighted by Crippen LogP contribution is -2.33. The van der Waals surface area contributed by atoms with Crippen LogP contribution in [0.5, 0.6) is 0 Å². The van der Waals surface area contributed by atoms with Crippen molar-refractivity contribution in [3.8, 4) is 6.07 Å². The molecule has 0 N–H and O–H groups in total. The number of fused-ring (bicyclic) bond motifs is 2. The molecule has 2 aliphatic rings. The van der Waals surface area contributed by atoms with E-state index >= 15 is 0 Å². The van der Waals surface area contributed by atoms with Crippen molar-refractivity contribution >= 4 is 11.6 Å². The molecular formula is C25H27N. The summed E-state index contributed by atoms with van der Waals surface area (Å²) < 4.78 is 0. The number of rotatable bonds is 1. The van der Waals surface area contributed by atoms with E-state index in [1.165, 1.54) is 46.2 Å². The van der Waals surface area contributed by atoms with Crippen molar-refractivity contribution in [2.45, 2.75) is 64.2 Å². The molecule has 4 rings (SSSR count). The van der Waals surface area contributed by atoms with Gasteiger partial charge in [-0.15, -0.1) is 0 Å². The maximum atomic E-state index is 9.11. The lowest BCUT2D eigenvalue weighted by atomic mass is 9.63. The molecule has 132 valence electrons. The summed E-state index contributed by atoms with van der Waals surface area (Å²) in [5.41, 5.74) is 9.65. The van der Waals surface area contributed by atoms with Crippen LogP contribution in [0.1, 0.15) is 80.3 Å². The first kappa shape index (κ1) is 17.1. The average molecular weight is 341 g/mol. The van der Waals surface area contributed by atoms with Crippen molar-refractivity contribution in [3.05, 3.63) is 69.8 Å². The normalized spacial score (nSPS) is 21.1. The molecule has 2 aliphatic carbocycles. The molecule has 0 radical (unpaired) electrons. The van der Waals surface area contributed by atoms with Gasteiger partial charge in [0.1, 0.15) is 0 Å².